The third-order valence-electron chi connectivity index (χ3n) is 3.74. The Balaban J connectivity index is 2.13. The van der Waals surface area contributed by atoms with E-state index in [0.717, 1.165) is 22.9 Å². The minimum atomic E-state index is -3.37. The molecule has 0 N–H and O–H groups in total. The molecule has 1 fully saturated rings. The van der Waals surface area contributed by atoms with Crippen molar-refractivity contribution in [2.45, 2.75) is 24.7 Å². The van der Waals surface area contributed by atoms with E-state index in [9.17, 15) is 8.42 Å². The Morgan fingerprint density at radius 1 is 1.35 bits per heavy atom. The first kappa shape index (κ1) is 15.9. The van der Waals surface area contributed by atoms with Crippen LogP contribution in [0.1, 0.15) is 18.4 Å². The van der Waals surface area contributed by atoms with Crippen LogP contribution in [0, 0.1) is 12.8 Å². The highest BCUT2D eigenvalue weighted by molar-refractivity contribution is 9.10. The van der Waals surface area contributed by atoms with Crippen LogP contribution in [0.15, 0.2) is 27.6 Å². The molecular formula is C14H20BrNO3S. The van der Waals surface area contributed by atoms with E-state index in [4.69, 9.17) is 4.74 Å². The Hall–Kier alpha value is -0.430. The average Bonchev–Trinajstić information content (AvgIpc) is 2.43. The summed E-state index contributed by atoms with van der Waals surface area (Å²) in [5, 5.41) is 0. The van der Waals surface area contributed by atoms with E-state index in [1.54, 1.807) is 29.6 Å². The number of methoxy groups -OCH3 is 1. The fraction of sp³-hybridized carbons (Fsp3) is 0.571. The second kappa shape index (κ2) is 6.56. The summed E-state index contributed by atoms with van der Waals surface area (Å²) < 4.78 is 32.8. The third kappa shape index (κ3) is 3.42. The van der Waals surface area contributed by atoms with E-state index in [1.165, 1.54) is 0 Å². The molecule has 20 heavy (non-hydrogen) atoms. The lowest BCUT2D eigenvalue weighted by Crippen LogP contribution is -2.39. The highest BCUT2D eigenvalue weighted by Crippen LogP contribution is 2.26. The second-order valence-electron chi connectivity index (χ2n) is 5.21. The van der Waals surface area contributed by atoms with Crippen molar-refractivity contribution < 1.29 is 13.2 Å². The van der Waals surface area contributed by atoms with E-state index in [1.807, 2.05) is 6.92 Å². The molecule has 1 saturated heterocycles. The summed E-state index contributed by atoms with van der Waals surface area (Å²) in [6.45, 7) is 3.76. The third-order valence-corrected chi connectivity index (χ3v) is 6.53. The van der Waals surface area contributed by atoms with Crippen molar-refractivity contribution in [1.82, 2.24) is 4.31 Å². The first-order valence-electron chi connectivity index (χ1n) is 6.70. The number of hydrogen-bond acceptors (Lipinski definition) is 3. The summed E-state index contributed by atoms with van der Waals surface area (Å²) in [6, 6.07) is 5.17. The minimum absolute atomic E-state index is 0.378. The monoisotopic (exact) mass is 361 g/mol. The van der Waals surface area contributed by atoms with Gasteiger partial charge >= 0.3 is 0 Å². The predicted octanol–water partition coefficient (Wildman–Crippen LogP) is 2.80. The molecule has 1 aliphatic rings. The van der Waals surface area contributed by atoms with Crippen molar-refractivity contribution >= 4 is 26.0 Å². The van der Waals surface area contributed by atoms with Crippen LogP contribution in [-0.2, 0) is 14.8 Å². The Kier molecular flexibility index (Phi) is 5.23. The van der Waals surface area contributed by atoms with Crippen molar-refractivity contribution in [1.29, 1.82) is 0 Å². The summed E-state index contributed by atoms with van der Waals surface area (Å²) in [5.41, 5.74) is 0.931. The summed E-state index contributed by atoms with van der Waals surface area (Å²) in [5.74, 6) is 0.470. The molecule has 0 aromatic heterocycles. The number of rotatable bonds is 4. The summed E-state index contributed by atoms with van der Waals surface area (Å²) in [7, 11) is -1.68. The second-order valence-corrected chi connectivity index (χ2v) is 8.01. The number of aryl methyl sites for hydroxylation is 1. The van der Waals surface area contributed by atoms with Crippen molar-refractivity contribution in [3.63, 3.8) is 0 Å². The zero-order valence-corrected chi connectivity index (χ0v) is 14.2. The van der Waals surface area contributed by atoms with Gasteiger partial charge in [-0.3, -0.25) is 0 Å². The fourth-order valence-corrected chi connectivity index (χ4v) is 4.28. The number of hydrogen-bond donors (Lipinski definition) is 0. The SMILES string of the molecule is COCC1CCN(S(=O)(=O)c2ccc(Br)c(C)c2)CC1. The quantitative estimate of drug-likeness (QED) is 0.828. The number of nitrogens with zero attached hydrogens (tertiary/aromatic N) is 1. The predicted molar refractivity (Wildman–Crippen MR) is 82.2 cm³/mol. The molecule has 0 saturated carbocycles. The normalized spacial score (nSPS) is 18.4. The van der Waals surface area contributed by atoms with Crippen molar-refractivity contribution in [2.75, 3.05) is 26.8 Å². The fourth-order valence-electron chi connectivity index (χ4n) is 2.48. The van der Waals surface area contributed by atoms with Gasteiger partial charge in [0.15, 0.2) is 0 Å². The van der Waals surface area contributed by atoms with Crippen LogP contribution in [0.2, 0.25) is 0 Å². The molecule has 0 unspecified atom stereocenters. The summed E-state index contributed by atoms with van der Waals surface area (Å²) >= 11 is 3.39. The minimum Gasteiger partial charge on any atom is -0.384 e. The topological polar surface area (TPSA) is 46.6 Å². The molecule has 0 aliphatic carbocycles. The number of piperidine rings is 1. The Labute approximate surface area is 129 Å². The van der Waals surface area contributed by atoms with Gasteiger partial charge in [-0.1, -0.05) is 15.9 Å². The van der Waals surface area contributed by atoms with E-state index < -0.39 is 10.0 Å². The Bertz CT molecular complexity index is 566. The van der Waals surface area contributed by atoms with Crippen molar-refractivity contribution in [3.8, 4) is 0 Å². The van der Waals surface area contributed by atoms with Gasteiger partial charge in [-0.15, -0.1) is 0 Å². The molecule has 0 amide bonds. The lowest BCUT2D eigenvalue weighted by atomic mass is 9.99. The lowest BCUT2D eigenvalue weighted by molar-refractivity contribution is 0.121. The van der Waals surface area contributed by atoms with Gasteiger partial charge in [0.2, 0.25) is 10.0 Å². The summed E-state index contributed by atoms with van der Waals surface area (Å²) in [6.07, 6.45) is 1.73. The summed E-state index contributed by atoms with van der Waals surface area (Å²) in [4.78, 5) is 0.378. The van der Waals surface area contributed by atoms with Crippen LogP contribution in [0.25, 0.3) is 0 Å². The van der Waals surface area contributed by atoms with Crippen LogP contribution >= 0.6 is 15.9 Å². The maximum Gasteiger partial charge on any atom is 0.243 e. The zero-order valence-electron chi connectivity index (χ0n) is 11.8. The average molecular weight is 362 g/mol. The molecule has 1 aromatic carbocycles. The number of ether oxygens (including phenoxy) is 1. The largest absolute Gasteiger partial charge is 0.384 e. The van der Waals surface area contributed by atoms with Gasteiger partial charge in [0.05, 0.1) is 4.90 Å². The molecule has 0 radical (unpaired) electrons. The lowest BCUT2D eigenvalue weighted by Gasteiger charge is -2.30. The van der Waals surface area contributed by atoms with E-state index in [-0.39, 0.29) is 0 Å². The van der Waals surface area contributed by atoms with Crippen molar-refractivity contribution in [2.24, 2.45) is 5.92 Å². The van der Waals surface area contributed by atoms with Gasteiger partial charge in [-0.2, -0.15) is 4.31 Å². The van der Waals surface area contributed by atoms with Crippen LogP contribution < -0.4 is 0 Å². The van der Waals surface area contributed by atoms with Crippen LogP contribution in [0.5, 0.6) is 0 Å². The molecular weight excluding hydrogens is 342 g/mol. The van der Waals surface area contributed by atoms with Gasteiger partial charge in [-0.05, 0) is 49.4 Å². The van der Waals surface area contributed by atoms with E-state index >= 15 is 0 Å². The van der Waals surface area contributed by atoms with Gasteiger partial charge in [0, 0.05) is 31.3 Å². The molecule has 0 spiro atoms. The van der Waals surface area contributed by atoms with Crippen LogP contribution in [-0.4, -0.2) is 39.5 Å². The molecule has 1 heterocycles. The highest BCUT2D eigenvalue weighted by atomic mass is 79.9. The van der Waals surface area contributed by atoms with Crippen LogP contribution in [0.3, 0.4) is 0 Å². The molecule has 112 valence electrons. The number of benzene rings is 1. The smallest absolute Gasteiger partial charge is 0.243 e. The molecule has 1 aromatic rings. The van der Waals surface area contributed by atoms with Gasteiger partial charge in [-0.25, -0.2) is 8.42 Å². The number of sulfonamides is 1. The van der Waals surface area contributed by atoms with Crippen molar-refractivity contribution in [3.05, 3.63) is 28.2 Å². The number of halogens is 1. The standard InChI is InChI=1S/C14H20BrNO3S/c1-11-9-13(3-4-14(11)15)20(17,18)16-7-5-12(6-8-16)10-19-2/h3-4,9,12H,5-8,10H2,1-2H3. The molecule has 0 bridgehead atoms. The molecule has 6 heteroatoms. The Morgan fingerprint density at radius 3 is 2.55 bits per heavy atom. The zero-order chi connectivity index (χ0) is 14.8. The molecule has 2 rings (SSSR count). The maximum absolute atomic E-state index is 12.6. The van der Waals surface area contributed by atoms with Gasteiger partial charge < -0.3 is 4.74 Å². The molecule has 4 nitrogen and oxygen atoms in total. The van der Waals surface area contributed by atoms with E-state index in [2.05, 4.69) is 15.9 Å². The first-order valence-corrected chi connectivity index (χ1v) is 8.93. The van der Waals surface area contributed by atoms with Crippen LogP contribution in [0.4, 0.5) is 0 Å². The molecule has 1 aliphatic heterocycles. The first-order chi connectivity index (χ1) is 9.45. The highest BCUT2D eigenvalue weighted by Gasteiger charge is 2.29. The molecule has 0 atom stereocenters. The van der Waals surface area contributed by atoms with E-state index in [0.29, 0.717) is 30.5 Å². The van der Waals surface area contributed by atoms with Gasteiger partial charge in [0.25, 0.3) is 0 Å². The Morgan fingerprint density at radius 2 is 2.00 bits per heavy atom. The van der Waals surface area contributed by atoms with Gasteiger partial charge in [0.1, 0.15) is 0 Å². The maximum atomic E-state index is 12.6.